The SMILES string of the molecule is CCCCc1cc(C(=O)C=CC(=O)N2CCC(N3CCCN(C)CC3)CC2)c(OC)cc1OCC. The van der Waals surface area contributed by atoms with Crippen LogP contribution in [-0.4, -0.2) is 92.5 Å². The standard InChI is InChI=1S/C28H43N3O4/c1-5-7-9-22-20-24(27(34-4)21-26(22)35-6-2)25(32)10-11-28(33)31-16-12-23(13-17-31)30-15-8-14-29(3)18-19-30/h10-11,20-21,23H,5-9,12-19H2,1-4H3. The topological polar surface area (TPSA) is 62.3 Å². The number of hydrogen-bond donors (Lipinski definition) is 0. The quantitative estimate of drug-likeness (QED) is 0.371. The number of carbonyl (C=O) groups excluding carboxylic acids is 2. The van der Waals surface area contributed by atoms with Gasteiger partial charge in [-0.1, -0.05) is 13.3 Å². The molecule has 1 aromatic carbocycles. The van der Waals surface area contributed by atoms with Gasteiger partial charge in [-0.3, -0.25) is 14.5 Å². The molecule has 0 aliphatic carbocycles. The van der Waals surface area contributed by atoms with Crippen molar-refractivity contribution in [2.45, 2.75) is 58.4 Å². The summed E-state index contributed by atoms with van der Waals surface area (Å²) in [4.78, 5) is 32.7. The molecule has 2 aliphatic heterocycles. The van der Waals surface area contributed by atoms with E-state index in [0.29, 0.717) is 24.0 Å². The summed E-state index contributed by atoms with van der Waals surface area (Å²) in [6, 6.07) is 4.20. The van der Waals surface area contributed by atoms with Gasteiger partial charge in [-0.05, 0) is 76.9 Å². The second-order valence-corrected chi connectivity index (χ2v) is 9.64. The molecule has 194 valence electrons. The number of benzene rings is 1. The number of allylic oxidation sites excluding steroid dienone is 1. The van der Waals surface area contributed by atoms with Crippen LogP contribution in [0.15, 0.2) is 24.3 Å². The van der Waals surface area contributed by atoms with Gasteiger partial charge in [-0.25, -0.2) is 0 Å². The Morgan fingerprint density at radius 2 is 1.77 bits per heavy atom. The summed E-state index contributed by atoms with van der Waals surface area (Å²) >= 11 is 0. The first-order valence-corrected chi connectivity index (χ1v) is 13.2. The van der Waals surface area contributed by atoms with E-state index in [4.69, 9.17) is 9.47 Å². The fourth-order valence-corrected chi connectivity index (χ4v) is 5.05. The number of likely N-dealkylation sites (tertiary alicyclic amines) is 1. The van der Waals surface area contributed by atoms with Crippen LogP contribution < -0.4 is 9.47 Å². The average molecular weight is 486 g/mol. The minimum absolute atomic E-state index is 0.0940. The van der Waals surface area contributed by atoms with Gasteiger partial charge in [0.15, 0.2) is 5.78 Å². The summed E-state index contributed by atoms with van der Waals surface area (Å²) in [5, 5.41) is 0. The van der Waals surface area contributed by atoms with E-state index in [1.54, 1.807) is 13.2 Å². The Morgan fingerprint density at radius 3 is 2.46 bits per heavy atom. The Hall–Kier alpha value is -2.38. The Kier molecular flexibility index (Phi) is 10.6. The highest BCUT2D eigenvalue weighted by molar-refractivity contribution is 6.09. The van der Waals surface area contributed by atoms with Crippen LogP contribution in [0.2, 0.25) is 0 Å². The number of amides is 1. The van der Waals surface area contributed by atoms with Crippen molar-refractivity contribution >= 4 is 11.7 Å². The third-order valence-corrected chi connectivity index (χ3v) is 7.17. The van der Waals surface area contributed by atoms with E-state index in [9.17, 15) is 9.59 Å². The van der Waals surface area contributed by atoms with Crippen molar-refractivity contribution in [1.82, 2.24) is 14.7 Å². The zero-order valence-corrected chi connectivity index (χ0v) is 22.1. The smallest absolute Gasteiger partial charge is 0.246 e. The zero-order valence-electron chi connectivity index (χ0n) is 22.1. The average Bonchev–Trinajstić information content (AvgIpc) is 3.10. The molecule has 1 aromatic rings. The molecule has 2 aliphatic rings. The van der Waals surface area contributed by atoms with Crippen molar-refractivity contribution < 1.29 is 19.1 Å². The van der Waals surface area contributed by atoms with Crippen LogP contribution >= 0.6 is 0 Å². The van der Waals surface area contributed by atoms with Crippen molar-refractivity contribution in [2.75, 3.05) is 60.0 Å². The molecule has 0 atom stereocenters. The van der Waals surface area contributed by atoms with Gasteiger partial charge in [-0.2, -0.15) is 0 Å². The fraction of sp³-hybridized carbons (Fsp3) is 0.643. The largest absolute Gasteiger partial charge is 0.496 e. The molecule has 35 heavy (non-hydrogen) atoms. The van der Waals surface area contributed by atoms with E-state index in [-0.39, 0.29) is 11.7 Å². The number of methoxy groups -OCH3 is 1. The first-order chi connectivity index (χ1) is 17.0. The van der Waals surface area contributed by atoms with E-state index in [1.165, 1.54) is 18.6 Å². The number of nitrogens with zero attached hydrogens (tertiary/aromatic N) is 3. The molecule has 2 saturated heterocycles. The normalized spacial score (nSPS) is 18.6. The fourth-order valence-electron chi connectivity index (χ4n) is 5.05. The molecule has 2 fully saturated rings. The Labute approximate surface area is 211 Å². The summed E-state index contributed by atoms with van der Waals surface area (Å²) in [5.41, 5.74) is 1.47. The zero-order chi connectivity index (χ0) is 25.2. The lowest BCUT2D eigenvalue weighted by molar-refractivity contribution is -0.127. The molecule has 0 saturated carbocycles. The highest BCUT2D eigenvalue weighted by Gasteiger charge is 2.27. The van der Waals surface area contributed by atoms with Crippen LogP contribution in [-0.2, 0) is 11.2 Å². The number of likely N-dealkylation sites (N-methyl/N-ethyl adjacent to an activating group) is 1. The summed E-state index contributed by atoms with van der Waals surface area (Å²) in [6.07, 6.45) is 8.90. The van der Waals surface area contributed by atoms with Gasteiger partial charge in [-0.15, -0.1) is 0 Å². The Morgan fingerprint density at radius 1 is 1.00 bits per heavy atom. The number of carbonyl (C=O) groups is 2. The van der Waals surface area contributed by atoms with Gasteiger partial charge in [0.25, 0.3) is 0 Å². The van der Waals surface area contributed by atoms with Crippen molar-refractivity contribution in [3.63, 3.8) is 0 Å². The summed E-state index contributed by atoms with van der Waals surface area (Å²) in [6.45, 7) is 10.6. The molecule has 2 heterocycles. The van der Waals surface area contributed by atoms with E-state index < -0.39 is 0 Å². The number of piperidine rings is 1. The lowest BCUT2D eigenvalue weighted by Crippen LogP contribution is -2.47. The van der Waals surface area contributed by atoms with Crippen LogP contribution in [0.25, 0.3) is 0 Å². The molecule has 3 rings (SSSR count). The number of unbranched alkanes of at least 4 members (excludes halogenated alkanes) is 1. The lowest BCUT2D eigenvalue weighted by Gasteiger charge is -2.37. The molecule has 1 amide bonds. The predicted molar refractivity (Wildman–Crippen MR) is 140 cm³/mol. The number of rotatable bonds is 10. The van der Waals surface area contributed by atoms with Gasteiger partial charge in [0.1, 0.15) is 11.5 Å². The second kappa shape index (κ2) is 13.6. The van der Waals surface area contributed by atoms with Gasteiger partial charge >= 0.3 is 0 Å². The third kappa shape index (κ3) is 7.55. The van der Waals surface area contributed by atoms with Crippen LogP contribution in [0.1, 0.15) is 61.9 Å². The minimum atomic E-state index is -0.223. The summed E-state index contributed by atoms with van der Waals surface area (Å²) in [7, 11) is 3.74. The van der Waals surface area contributed by atoms with Crippen molar-refractivity contribution in [3.8, 4) is 11.5 Å². The molecule has 7 nitrogen and oxygen atoms in total. The molecule has 0 N–H and O–H groups in total. The highest BCUT2D eigenvalue weighted by atomic mass is 16.5. The van der Waals surface area contributed by atoms with Crippen molar-refractivity contribution in [1.29, 1.82) is 0 Å². The number of ether oxygens (including phenoxy) is 2. The molecule has 0 aromatic heterocycles. The summed E-state index contributed by atoms with van der Waals surface area (Å²) < 4.78 is 11.3. The van der Waals surface area contributed by atoms with E-state index in [0.717, 1.165) is 82.7 Å². The Balaban J connectivity index is 1.61. The Bertz CT molecular complexity index is 877. The molecular weight excluding hydrogens is 442 g/mol. The first-order valence-electron chi connectivity index (χ1n) is 13.2. The molecule has 0 unspecified atom stereocenters. The predicted octanol–water partition coefficient (Wildman–Crippen LogP) is 3.80. The van der Waals surface area contributed by atoms with Crippen LogP contribution in [0.5, 0.6) is 11.5 Å². The van der Waals surface area contributed by atoms with E-state index in [2.05, 4.69) is 23.8 Å². The monoisotopic (exact) mass is 485 g/mol. The van der Waals surface area contributed by atoms with Gasteiger partial charge in [0, 0.05) is 44.4 Å². The molecular formula is C28H43N3O4. The maximum atomic E-state index is 13.0. The van der Waals surface area contributed by atoms with Crippen LogP contribution in [0, 0.1) is 0 Å². The molecule has 0 radical (unpaired) electrons. The number of hydrogen-bond acceptors (Lipinski definition) is 6. The van der Waals surface area contributed by atoms with Crippen molar-refractivity contribution in [3.05, 3.63) is 35.4 Å². The maximum absolute atomic E-state index is 13.0. The molecule has 0 bridgehead atoms. The highest BCUT2D eigenvalue weighted by Crippen LogP contribution is 2.31. The molecule has 0 spiro atoms. The van der Waals surface area contributed by atoms with Gasteiger partial charge in [0.2, 0.25) is 5.91 Å². The number of aryl methyl sites for hydroxylation is 1. The van der Waals surface area contributed by atoms with Crippen LogP contribution in [0.4, 0.5) is 0 Å². The number of ketones is 1. The first kappa shape index (κ1) is 27.2. The van der Waals surface area contributed by atoms with Crippen LogP contribution in [0.3, 0.4) is 0 Å². The van der Waals surface area contributed by atoms with E-state index >= 15 is 0 Å². The maximum Gasteiger partial charge on any atom is 0.246 e. The minimum Gasteiger partial charge on any atom is -0.496 e. The molecule has 7 heteroatoms. The third-order valence-electron chi connectivity index (χ3n) is 7.17. The second-order valence-electron chi connectivity index (χ2n) is 9.64. The van der Waals surface area contributed by atoms with Crippen molar-refractivity contribution in [2.24, 2.45) is 0 Å². The van der Waals surface area contributed by atoms with E-state index in [1.807, 2.05) is 17.9 Å². The van der Waals surface area contributed by atoms with Gasteiger partial charge < -0.3 is 19.3 Å². The van der Waals surface area contributed by atoms with Gasteiger partial charge in [0.05, 0.1) is 19.3 Å². The lowest BCUT2D eigenvalue weighted by atomic mass is 10.00. The summed E-state index contributed by atoms with van der Waals surface area (Å²) in [5.74, 6) is 0.913.